The molecule has 0 saturated carbocycles. The first-order chi connectivity index (χ1) is 9.69. The summed E-state index contributed by atoms with van der Waals surface area (Å²) in [6.07, 6.45) is 1.82. The summed E-state index contributed by atoms with van der Waals surface area (Å²) in [5.41, 5.74) is 10.7. The molecular weight excluding hydrogens is 252 g/mol. The van der Waals surface area contributed by atoms with Crippen LogP contribution in [-0.2, 0) is 11.3 Å². The molecule has 0 radical (unpaired) electrons. The molecule has 5 nitrogen and oxygen atoms in total. The Labute approximate surface area is 117 Å². The molecule has 3 rings (SSSR count). The molecule has 2 aromatic heterocycles. The van der Waals surface area contributed by atoms with Crippen LogP contribution < -0.4 is 5.73 Å². The van der Waals surface area contributed by atoms with E-state index in [1.54, 1.807) is 7.11 Å². The van der Waals surface area contributed by atoms with E-state index in [0.717, 1.165) is 28.0 Å². The van der Waals surface area contributed by atoms with Gasteiger partial charge in [-0.15, -0.1) is 0 Å². The van der Waals surface area contributed by atoms with Gasteiger partial charge in [-0.1, -0.05) is 12.1 Å². The lowest BCUT2D eigenvalue weighted by molar-refractivity contribution is 0.185. The van der Waals surface area contributed by atoms with E-state index in [0.29, 0.717) is 12.6 Å². The SMILES string of the molecule is COCc1cccc(-n2c(N)nc3cc(C)cnc32)c1. The zero-order valence-corrected chi connectivity index (χ0v) is 11.5. The number of benzene rings is 1. The Morgan fingerprint density at radius 3 is 2.95 bits per heavy atom. The van der Waals surface area contributed by atoms with Gasteiger partial charge in [0.15, 0.2) is 5.65 Å². The molecule has 0 aliphatic rings. The number of fused-ring (bicyclic) bond motifs is 1. The molecule has 102 valence electrons. The molecular formula is C15H16N4O. The molecule has 0 atom stereocenters. The van der Waals surface area contributed by atoms with Crippen LogP contribution in [0.5, 0.6) is 0 Å². The number of pyridine rings is 1. The van der Waals surface area contributed by atoms with E-state index in [2.05, 4.69) is 9.97 Å². The van der Waals surface area contributed by atoms with E-state index >= 15 is 0 Å². The van der Waals surface area contributed by atoms with E-state index in [4.69, 9.17) is 10.5 Å². The molecule has 2 heterocycles. The van der Waals surface area contributed by atoms with Crippen LogP contribution in [0.15, 0.2) is 36.5 Å². The number of anilines is 1. The third-order valence-corrected chi connectivity index (χ3v) is 3.14. The number of aryl methyl sites for hydroxylation is 1. The molecule has 0 aliphatic carbocycles. The minimum Gasteiger partial charge on any atom is -0.380 e. The van der Waals surface area contributed by atoms with Crippen molar-refractivity contribution in [2.75, 3.05) is 12.8 Å². The van der Waals surface area contributed by atoms with Crippen molar-refractivity contribution < 1.29 is 4.74 Å². The van der Waals surface area contributed by atoms with E-state index < -0.39 is 0 Å². The molecule has 3 aromatic rings. The highest BCUT2D eigenvalue weighted by atomic mass is 16.5. The normalized spacial score (nSPS) is 11.1. The van der Waals surface area contributed by atoms with Gasteiger partial charge in [0.25, 0.3) is 0 Å². The summed E-state index contributed by atoms with van der Waals surface area (Å²) < 4.78 is 7.02. The third-order valence-electron chi connectivity index (χ3n) is 3.14. The summed E-state index contributed by atoms with van der Waals surface area (Å²) in [6, 6.07) is 9.98. The minimum atomic E-state index is 0.438. The number of imidazole rings is 1. The number of nitrogen functional groups attached to an aromatic ring is 1. The first kappa shape index (κ1) is 12.6. The number of rotatable bonds is 3. The van der Waals surface area contributed by atoms with Crippen molar-refractivity contribution in [3.05, 3.63) is 47.7 Å². The lowest BCUT2D eigenvalue weighted by Gasteiger charge is -2.08. The average molecular weight is 268 g/mol. The highest BCUT2D eigenvalue weighted by Gasteiger charge is 2.11. The zero-order chi connectivity index (χ0) is 14.1. The molecule has 0 aliphatic heterocycles. The summed E-state index contributed by atoms with van der Waals surface area (Å²) in [5, 5.41) is 0. The van der Waals surface area contributed by atoms with Crippen molar-refractivity contribution in [1.82, 2.24) is 14.5 Å². The quantitative estimate of drug-likeness (QED) is 0.792. The smallest absolute Gasteiger partial charge is 0.207 e. The number of nitrogens with zero attached hydrogens (tertiary/aromatic N) is 3. The highest BCUT2D eigenvalue weighted by Crippen LogP contribution is 2.22. The molecule has 5 heteroatoms. The predicted molar refractivity (Wildman–Crippen MR) is 78.7 cm³/mol. The lowest BCUT2D eigenvalue weighted by Crippen LogP contribution is -2.02. The number of hydrogen-bond acceptors (Lipinski definition) is 4. The van der Waals surface area contributed by atoms with Gasteiger partial charge in [0.05, 0.1) is 12.3 Å². The van der Waals surface area contributed by atoms with Gasteiger partial charge in [-0.3, -0.25) is 4.57 Å². The van der Waals surface area contributed by atoms with Crippen LogP contribution in [0.2, 0.25) is 0 Å². The van der Waals surface area contributed by atoms with Gasteiger partial charge >= 0.3 is 0 Å². The molecule has 2 N–H and O–H groups in total. The van der Waals surface area contributed by atoms with Gasteiger partial charge in [-0.05, 0) is 36.2 Å². The van der Waals surface area contributed by atoms with E-state index in [-0.39, 0.29) is 0 Å². The maximum Gasteiger partial charge on any atom is 0.207 e. The highest BCUT2D eigenvalue weighted by molar-refractivity contribution is 5.77. The van der Waals surface area contributed by atoms with Gasteiger partial charge in [0, 0.05) is 13.3 Å². The Morgan fingerprint density at radius 1 is 1.30 bits per heavy atom. The Bertz CT molecular complexity index is 764. The van der Waals surface area contributed by atoms with Gasteiger partial charge in [0.2, 0.25) is 5.95 Å². The fourth-order valence-electron chi connectivity index (χ4n) is 2.29. The molecule has 0 spiro atoms. The Kier molecular flexibility index (Phi) is 3.12. The second kappa shape index (κ2) is 4.94. The average Bonchev–Trinajstić information content (AvgIpc) is 2.74. The van der Waals surface area contributed by atoms with Crippen LogP contribution in [0.1, 0.15) is 11.1 Å². The van der Waals surface area contributed by atoms with Gasteiger partial charge in [-0.2, -0.15) is 0 Å². The van der Waals surface area contributed by atoms with Crippen molar-refractivity contribution in [1.29, 1.82) is 0 Å². The van der Waals surface area contributed by atoms with Gasteiger partial charge < -0.3 is 10.5 Å². The summed E-state index contributed by atoms with van der Waals surface area (Å²) in [7, 11) is 1.68. The second-order valence-electron chi connectivity index (χ2n) is 4.76. The number of aromatic nitrogens is 3. The van der Waals surface area contributed by atoms with Crippen molar-refractivity contribution in [3.63, 3.8) is 0 Å². The minimum absolute atomic E-state index is 0.438. The van der Waals surface area contributed by atoms with Crippen LogP contribution in [0.3, 0.4) is 0 Å². The van der Waals surface area contributed by atoms with E-state index in [1.807, 2.05) is 48.0 Å². The topological polar surface area (TPSA) is 66.0 Å². The molecule has 1 aromatic carbocycles. The number of nitrogens with two attached hydrogens (primary N) is 1. The van der Waals surface area contributed by atoms with Gasteiger partial charge in [-0.25, -0.2) is 9.97 Å². The lowest BCUT2D eigenvalue weighted by atomic mass is 10.2. The number of hydrogen-bond donors (Lipinski definition) is 1. The van der Waals surface area contributed by atoms with Crippen LogP contribution in [0, 0.1) is 6.92 Å². The first-order valence-electron chi connectivity index (χ1n) is 6.38. The largest absolute Gasteiger partial charge is 0.380 e. The van der Waals surface area contributed by atoms with Gasteiger partial charge in [0.1, 0.15) is 5.52 Å². The maximum atomic E-state index is 6.04. The van der Waals surface area contributed by atoms with E-state index in [9.17, 15) is 0 Å². The molecule has 0 fully saturated rings. The van der Waals surface area contributed by atoms with Crippen LogP contribution in [0.4, 0.5) is 5.95 Å². The number of ether oxygens (including phenoxy) is 1. The van der Waals surface area contributed by atoms with E-state index in [1.165, 1.54) is 0 Å². The second-order valence-corrected chi connectivity index (χ2v) is 4.76. The first-order valence-corrected chi connectivity index (χ1v) is 6.38. The monoisotopic (exact) mass is 268 g/mol. The summed E-state index contributed by atoms with van der Waals surface area (Å²) in [4.78, 5) is 8.82. The van der Waals surface area contributed by atoms with Crippen LogP contribution in [-0.4, -0.2) is 21.6 Å². The summed E-state index contributed by atoms with van der Waals surface area (Å²) in [5.74, 6) is 0.438. The van der Waals surface area contributed by atoms with Crippen LogP contribution >= 0.6 is 0 Å². The standard InChI is InChI=1S/C15H16N4O/c1-10-6-13-14(17-8-10)19(15(16)18-13)12-5-3-4-11(7-12)9-20-2/h3-8H,9H2,1-2H3,(H2,16,18). The Morgan fingerprint density at radius 2 is 2.15 bits per heavy atom. The summed E-state index contributed by atoms with van der Waals surface area (Å²) in [6.45, 7) is 2.55. The summed E-state index contributed by atoms with van der Waals surface area (Å²) >= 11 is 0. The third kappa shape index (κ3) is 2.12. The molecule has 0 bridgehead atoms. The van der Waals surface area contributed by atoms with Crippen molar-refractivity contribution in [3.8, 4) is 5.69 Å². The van der Waals surface area contributed by atoms with Crippen LogP contribution in [0.25, 0.3) is 16.9 Å². The number of methoxy groups -OCH3 is 1. The Balaban J connectivity index is 2.18. The maximum absolute atomic E-state index is 6.04. The fourth-order valence-corrected chi connectivity index (χ4v) is 2.29. The molecule has 0 amide bonds. The molecule has 0 unspecified atom stereocenters. The van der Waals surface area contributed by atoms with Crippen molar-refractivity contribution in [2.45, 2.75) is 13.5 Å². The molecule has 0 saturated heterocycles. The van der Waals surface area contributed by atoms with Crippen molar-refractivity contribution in [2.24, 2.45) is 0 Å². The Hall–Kier alpha value is -2.40. The zero-order valence-electron chi connectivity index (χ0n) is 11.5. The molecule has 20 heavy (non-hydrogen) atoms. The fraction of sp³-hybridized carbons (Fsp3) is 0.200. The predicted octanol–water partition coefficient (Wildman–Crippen LogP) is 2.46. The van der Waals surface area contributed by atoms with Crippen molar-refractivity contribution >= 4 is 17.1 Å².